The van der Waals surface area contributed by atoms with Crippen molar-refractivity contribution in [2.45, 2.75) is 140 Å². The van der Waals surface area contributed by atoms with E-state index in [2.05, 4.69) is 0 Å². The summed E-state index contributed by atoms with van der Waals surface area (Å²) in [6, 6.07) is -0.367. The zero-order valence-corrected chi connectivity index (χ0v) is 29.6. The van der Waals surface area contributed by atoms with Gasteiger partial charge in [0.15, 0.2) is 30.3 Å². The molecule has 2 rings (SSSR count). The summed E-state index contributed by atoms with van der Waals surface area (Å²) in [5.41, 5.74) is -3.73. The highest BCUT2D eigenvalue weighted by atomic mass is 16.7. The molecule has 0 aromatic rings. The Labute approximate surface area is 268 Å². The van der Waals surface area contributed by atoms with Crippen LogP contribution in [0.4, 0.5) is 0 Å². The lowest BCUT2D eigenvalue weighted by Gasteiger charge is -2.51. The van der Waals surface area contributed by atoms with Crippen LogP contribution in [0.15, 0.2) is 12.3 Å². The van der Waals surface area contributed by atoms with E-state index < -0.39 is 76.2 Å². The lowest BCUT2D eigenvalue weighted by molar-refractivity contribution is -0.283. The largest absolute Gasteiger partial charge is 0.462 e. The van der Waals surface area contributed by atoms with Crippen LogP contribution in [0.25, 0.3) is 0 Å². The van der Waals surface area contributed by atoms with Gasteiger partial charge < -0.3 is 28.6 Å². The summed E-state index contributed by atoms with van der Waals surface area (Å²) in [7, 11) is 0. The molecular formula is C34H55NO10. The molecule has 2 heterocycles. The van der Waals surface area contributed by atoms with Crippen molar-refractivity contribution >= 4 is 29.7 Å². The highest BCUT2D eigenvalue weighted by Crippen LogP contribution is 2.37. The molecule has 0 bridgehead atoms. The molecule has 0 spiro atoms. The van der Waals surface area contributed by atoms with E-state index in [9.17, 15) is 24.0 Å². The summed E-state index contributed by atoms with van der Waals surface area (Å²) in [5, 5.41) is 0. The van der Waals surface area contributed by atoms with Crippen molar-refractivity contribution in [2.24, 2.45) is 27.6 Å². The Balaban J connectivity index is 2.82. The normalized spacial score (nSPS) is 26.4. The SMILES string of the molecule is CC(C)[C@@H]1CC(=O)C=CN1[C@@H]1O[C@H](COC(=O)C(C)(C)C)[C@H](OC(=O)C(C)(C)C)[C@H](OC(=O)C(C)(C)C)[C@H]1OC(=O)C(C)(C)C. The molecule has 0 N–H and O–H groups in total. The Morgan fingerprint density at radius 3 is 1.58 bits per heavy atom. The van der Waals surface area contributed by atoms with Crippen LogP contribution < -0.4 is 0 Å². The van der Waals surface area contributed by atoms with Gasteiger partial charge in [0.1, 0.15) is 12.7 Å². The number of carbonyl (C=O) groups excluding carboxylic acids is 5. The standard InChI is InChI=1S/C34H55NO10/c1-19(2)21-17-20(36)15-16-35(21)26-25(45-30(40)34(12,13)14)24(44-29(39)33(9,10)11)23(43-28(38)32(6,7)8)22(42-26)18-41-27(37)31(3,4)5/h15-16,19,21-26H,17-18H2,1-14H3/t21-,22+,23-,24-,25+,26+/m0/s1. The van der Waals surface area contributed by atoms with Gasteiger partial charge in [0.05, 0.1) is 21.7 Å². The molecule has 11 nitrogen and oxygen atoms in total. The first-order chi connectivity index (χ1) is 20.2. The van der Waals surface area contributed by atoms with Crippen molar-refractivity contribution in [1.82, 2.24) is 4.90 Å². The van der Waals surface area contributed by atoms with Crippen LogP contribution in [0.5, 0.6) is 0 Å². The molecule has 0 aromatic carbocycles. The Morgan fingerprint density at radius 2 is 1.16 bits per heavy atom. The van der Waals surface area contributed by atoms with Crippen molar-refractivity contribution in [2.75, 3.05) is 6.61 Å². The highest BCUT2D eigenvalue weighted by molar-refractivity contribution is 5.90. The van der Waals surface area contributed by atoms with E-state index in [-0.39, 0.29) is 30.8 Å². The van der Waals surface area contributed by atoms with Gasteiger partial charge in [-0.3, -0.25) is 24.0 Å². The van der Waals surface area contributed by atoms with Crippen molar-refractivity contribution in [3.63, 3.8) is 0 Å². The molecule has 6 atom stereocenters. The number of carbonyl (C=O) groups is 5. The number of hydrogen-bond acceptors (Lipinski definition) is 11. The molecule has 45 heavy (non-hydrogen) atoms. The minimum absolute atomic E-state index is 0.0364. The molecule has 0 aliphatic carbocycles. The third-order valence-electron chi connectivity index (χ3n) is 7.46. The first kappa shape index (κ1) is 38.2. The van der Waals surface area contributed by atoms with E-state index >= 15 is 0 Å². The van der Waals surface area contributed by atoms with Gasteiger partial charge in [0.2, 0.25) is 0 Å². The minimum Gasteiger partial charge on any atom is -0.462 e. The van der Waals surface area contributed by atoms with Crippen LogP contribution in [0.1, 0.15) is 103 Å². The molecule has 11 heteroatoms. The summed E-state index contributed by atoms with van der Waals surface area (Å²) in [6.45, 7) is 23.8. The predicted molar refractivity (Wildman–Crippen MR) is 166 cm³/mol. The fraction of sp³-hybridized carbons (Fsp3) is 0.794. The lowest BCUT2D eigenvalue weighted by atomic mass is 9.89. The number of hydrogen-bond donors (Lipinski definition) is 0. The monoisotopic (exact) mass is 637 g/mol. The number of allylic oxidation sites excluding steroid dienone is 1. The summed E-state index contributed by atoms with van der Waals surface area (Å²) in [4.78, 5) is 67.5. The van der Waals surface area contributed by atoms with Gasteiger partial charge in [-0.2, -0.15) is 0 Å². The molecule has 2 aliphatic rings. The summed E-state index contributed by atoms with van der Waals surface area (Å²) < 4.78 is 30.5. The Bertz CT molecular complexity index is 1150. The number of esters is 4. The third-order valence-corrected chi connectivity index (χ3v) is 7.46. The second-order valence-corrected chi connectivity index (χ2v) is 16.5. The van der Waals surface area contributed by atoms with Crippen molar-refractivity contribution in [1.29, 1.82) is 0 Å². The molecule has 0 aromatic heterocycles. The second-order valence-electron chi connectivity index (χ2n) is 16.5. The Hall–Kier alpha value is -2.95. The van der Waals surface area contributed by atoms with Crippen LogP contribution in [0.2, 0.25) is 0 Å². The van der Waals surface area contributed by atoms with Gasteiger partial charge in [-0.05, 0) is 95.1 Å². The molecule has 0 radical (unpaired) electrons. The van der Waals surface area contributed by atoms with Gasteiger partial charge in [0, 0.05) is 18.7 Å². The van der Waals surface area contributed by atoms with E-state index in [1.165, 1.54) is 6.08 Å². The van der Waals surface area contributed by atoms with Gasteiger partial charge in [-0.1, -0.05) is 13.8 Å². The molecule has 0 saturated carbocycles. The quantitative estimate of drug-likeness (QED) is 0.276. The van der Waals surface area contributed by atoms with Crippen LogP contribution in [-0.4, -0.2) is 77.9 Å². The van der Waals surface area contributed by atoms with E-state index in [4.69, 9.17) is 23.7 Å². The number of rotatable bonds is 7. The van der Waals surface area contributed by atoms with Gasteiger partial charge >= 0.3 is 23.9 Å². The maximum atomic E-state index is 13.5. The van der Waals surface area contributed by atoms with Gasteiger partial charge in [-0.25, -0.2) is 0 Å². The topological polar surface area (TPSA) is 135 Å². The zero-order valence-electron chi connectivity index (χ0n) is 29.6. The zero-order chi connectivity index (χ0) is 34.9. The Morgan fingerprint density at radius 1 is 0.733 bits per heavy atom. The van der Waals surface area contributed by atoms with E-state index in [1.54, 1.807) is 94.2 Å². The average Bonchev–Trinajstić information content (AvgIpc) is 2.87. The molecule has 0 amide bonds. The van der Waals surface area contributed by atoms with Gasteiger partial charge in [0.25, 0.3) is 0 Å². The highest BCUT2D eigenvalue weighted by Gasteiger charge is 2.56. The smallest absolute Gasteiger partial charge is 0.311 e. The van der Waals surface area contributed by atoms with Crippen molar-refractivity contribution in [3.8, 4) is 0 Å². The van der Waals surface area contributed by atoms with Crippen LogP contribution in [-0.2, 0) is 47.7 Å². The fourth-order valence-corrected chi connectivity index (χ4v) is 4.46. The lowest BCUT2D eigenvalue weighted by Crippen LogP contribution is -2.68. The number of ether oxygens (including phenoxy) is 5. The predicted octanol–water partition coefficient (Wildman–Crippen LogP) is 4.99. The van der Waals surface area contributed by atoms with Crippen LogP contribution >= 0.6 is 0 Å². The fourth-order valence-electron chi connectivity index (χ4n) is 4.46. The Kier molecular flexibility index (Phi) is 11.7. The van der Waals surface area contributed by atoms with Crippen molar-refractivity contribution < 1.29 is 47.7 Å². The van der Waals surface area contributed by atoms with Gasteiger partial charge in [-0.15, -0.1) is 0 Å². The maximum absolute atomic E-state index is 13.5. The van der Waals surface area contributed by atoms with Crippen molar-refractivity contribution in [3.05, 3.63) is 12.3 Å². The summed E-state index contributed by atoms with van der Waals surface area (Å²) in [5.74, 6) is -2.48. The van der Waals surface area contributed by atoms with Crippen LogP contribution in [0.3, 0.4) is 0 Å². The minimum atomic E-state index is -1.36. The average molecular weight is 638 g/mol. The molecular weight excluding hydrogens is 582 g/mol. The summed E-state index contributed by atoms with van der Waals surface area (Å²) in [6.07, 6.45) is -3.03. The second kappa shape index (κ2) is 13.8. The first-order valence-corrected chi connectivity index (χ1v) is 15.7. The molecule has 0 unspecified atom stereocenters. The molecule has 2 aliphatic heterocycles. The molecule has 1 fully saturated rings. The van der Waals surface area contributed by atoms with E-state index in [0.29, 0.717) is 0 Å². The number of ketones is 1. The summed E-state index contributed by atoms with van der Waals surface area (Å²) >= 11 is 0. The van der Waals surface area contributed by atoms with Crippen LogP contribution in [0, 0.1) is 27.6 Å². The van der Waals surface area contributed by atoms with E-state index in [1.807, 2.05) is 13.8 Å². The first-order valence-electron chi connectivity index (χ1n) is 15.7. The molecule has 256 valence electrons. The maximum Gasteiger partial charge on any atom is 0.311 e. The van der Waals surface area contributed by atoms with E-state index in [0.717, 1.165) is 0 Å². The third kappa shape index (κ3) is 10.0. The number of nitrogens with zero attached hydrogens (tertiary/aromatic N) is 1. The molecule has 1 saturated heterocycles.